The Hall–Kier alpha value is -2.60. The van der Waals surface area contributed by atoms with Gasteiger partial charge in [-0.25, -0.2) is 13.2 Å². The average molecular weight is 317 g/mol. The largest absolute Gasteiger partial charge is 0.478 e. The lowest BCUT2D eigenvalue weighted by Crippen LogP contribution is -2.26. The fraction of sp³-hybridized carbons (Fsp3) is 0.0625. The number of hydrogen-bond donors (Lipinski definition) is 1. The van der Waals surface area contributed by atoms with Gasteiger partial charge in [0.2, 0.25) is 0 Å². The molecule has 0 unspecified atom stereocenters. The van der Waals surface area contributed by atoms with Crippen LogP contribution in [0.3, 0.4) is 0 Å². The molecule has 0 aliphatic heterocycles. The van der Waals surface area contributed by atoms with Gasteiger partial charge in [0.15, 0.2) is 0 Å². The van der Waals surface area contributed by atoms with Crippen molar-refractivity contribution in [1.82, 2.24) is 0 Å². The summed E-state index contributed by atoms with van der Waals surface area (Å²) in [6.45, 7) is 0. The second-order valence-corrected chi connectivity index (χ2v) is 6.52. The van der Waals surface area contributed by atoms with Crippen LogP contribution in [0.25, 0.3) is 6.08 Å². The summed E-state index contributed by atoms with van der Waals surface area (Å²) in [5, 5.41) is 8.63. The number of carboxylic acids is 1. The normalized spacial score (nSPS) is 11.5. The van der Waals surface area contributed by atoms with Crippen LogP contribution in [0.4, 0.5) is 5.69 Å². The molecule has 0 aliphatic rings. The van der Waals surface area contributed by atoms with Gasteiger partial charge in [0.05, 0.1) is 10.6 Å². The van der Waals surface area contributed by atoms with Crippen molar-refractivity contribution in [2.75, 3.05) is 11.4 Å². The maximum Gasteiger partial charge on any atom is 0.328 e. The average Bonchev–Trinajstić information content (AvgIpc) is 2.53. The van der Waals surface area contributed by atoms with E-state index in [4.69, 9.17) is 5.11 Å². The van der Waals surface area contributed by atoms with Gasteiger partial charge in [0.1, 0.15) is 0 Å². The highest BCUT2D eigenvalue weighted by atomic mass is 32.2. The van der Waals surface area contributed by atoms with Crippen molar-refractivity contribution >= 4 is 27.8 Å². The van der Waals surface area contributed by atoms with Crippen molar-refractivity contribution in [3.8, 4) is 0 Å². The second-order valence-electron chi connectivity index (χ2n) is 4.55. The van der Waals surface area contributed by atoms with Crippen LogP contribution in [0, 0.1) is 0 Å². The molecule has 0 spiro atoms. The van der Waals surface area contributed by atoms with E-state index in [0.717, 1.165) is 6.08 Å². The highest BCUT2D eigenvalue weighted by molar-refractivity contribution is 7.92. The van der Waals surface area contributed by atoms with Crippen LogP contribution >= 0.6 is 0 Å². The van der Waals surface area contributed by atoms with Crippen LogP contribution in [-0.4, -0.2) is 26.5 Å². The molecular weight excluding hydrogens is 302 g/mol. The van der Waals surface area contributed by atoms with E-state index in [9.17, 15) is 13.2 Å². The van der Waals surface area contributed by atoms with Crippen LogP contribution in [-0.2, 0) is 14.8 Å². The Kier molecular flexibility index (Phi) is 4.62. The highest BCUT2D eigenvalue weighted by Crippen LogP contribution is 2.22. The molecule has 2 rings (SSSR count). The van der Waals surface area contributed by atoms with Gasteiger partial charge in [-0.15, -0.1) is 0 Å². The maximum absolute atomic E-state index is 12.6. The summed E-state index contributed by atoms with van der Waals surface area (Å²) in [5.41, 5.74) is 1.05. The van der Waals surface area contributed by atoms with Crippen molar-refractivity contribution in [2.45, 2.75) is 4.90 Å². The first-order valence-corrected chi connectivity index (χ1v) is 7.90. The first-order valence-electron chi connectivity index (χ1n) is 6.46. The second kappa shape index (κ2) is 6.44. The monoisotopic (exact) mass is 317 g/mol. The number of para-hydroxylation sites is 1. The van der Waals surface area contributed by atoms with E-state index >= 15 is 0 Å². The zero-order valence-corrected chi connectivity index (χ0v) is 12.7. The van der Waals surface area contributed by atoms with Crippen LogP contribution < -0.4 is 4.31 Å². The number of benzene rings is 2. The summed E-state index contributed by atoms with van der Waals surface area (Å²) in [6.07, 6.45) is 2.32. The summed E-state index contributed by atoms with van der Waals surface area (Å²) in [6, 6.07) is 14.9. The standard InChI is InChI=1S/C16H15NO4S/c1-17(14-7-3-2-4-8-14)22(20,21)15-9-5-6-13(12-15)10-11-16(18)19/h2-12H,1H3,(H,18,19)/b11-10+. The predicted molar refractivity (Wildman–Crippen MR) is 85.1 cm³/mol. The molecule has 0 aromatic heterocycles. The third-order valence-electron chi connectivity index (χ3n) is 3.05. The smallest absolute Gasteiger partial charge is 0.328 e. The minimum absolute atomic E-state index is 0.103. The Morgan fingerprint density at radius 1 is 1.09 bits per heavy atom. The molecule has 0 atom stereocenters. The molecule has 0 aliphatic carbocycles. The van der Waals surface area contributed by atoms with Gasteiger partial charge in [0, 0.05) is 13.1 Å². The van der Waals surface area contributed by atoms with E-state index < -0.39 is 16.0 Å². The molecule has 0 bridgehead atoms. The Bertz CT molecular complexity index is 798. The van der Waals surface area contributed by atoms with Gasteiger partial charge in [-0.3, -0.25) is 4.31 Å². The van der Waals surface area contributed by atoms with Crippen LogP contribution in [0.15, 0.2) is 65.6 Å². The Balaban J connectivity index is 2.38. The van der Waals surface area contributed by atoms with E-state index in [1.807, 2.05) is 0 Å². The SMILES string of the molecule is CN(c1ccccc1)S(=O)(=O)c1cccc(/C=C/C(=O)O)c1. The maximum atomic E-state index is 12.6. The summed E-state index contributed by atoms with van der Waals surface area (Å²) < 4.78 is 26.4. The Labute approximate surface area is 129 Å². The quantitative estimate of drug-likeness (QED) is 0.860. The van der Waals surface area contributed by atoms with E-state index in [2.05, 4.69) is 0 Å². The number of carboxylic acid groups (broad SMARTS) is 1. The van der Waals surface area contributed by atoms with Crippen molar-refractivity contribution in [2.24, 2.45) is 0 Å². The number of rotatable bonds is 5. The molecule has 0 saturated heterocycles. The molecule has 0 fully saturated rings. The lowest BCUT2D eigenvalue weighted by Gasteiger charge is -2.19. The van der Waals surface area contributed by atoms with Gasteiger partial charge < -0.3 is 5.11 Å². The molecule has 6 heteroatoms. The summed E-state index contributed by atoms with van der Waals surface area (Å²) in [4.78, 5) is 10.6. The third kappa shape index (κ3) is 3.53. The number of aliphatic carboxylic acids is 1. The van der Waals surface area contributed by atoms with Crippen LogP contribution in [0.5, 0.6) is 0 Å². The zero-order chi connectivity index (χ0) is 16.2. The highest BCUT2D eigenvalue weighted by Gasteiger charge is 2.21. The van der Waals surface area contributed by atoms with Gasteiger partial charge in [0.25, 0.3) is 10.0 Å². The van der Waals surface area contributed by atoms with Crippen LogP contribution in [0.2, 0.25) is 0 Å². The van der Waals surface area contributed by atoms with Gasteiger partial charge in [-0.05, 0) is 35.9 Å². The number of hydrogen-bond acceptors (Lipinski definition) is 3. The fourth-order valence-electron chi connectivity index (χ4n) is 1.88. The molecule has 1 N–H and O–H groups in total. The Morgan fingerprint density at radius 3 is 2.41 bits per heavy atom. The fourth-order valence-corrected chi connectivity index (χ4v) is 3.13. The zero-order valence-electron chi connectivity index (χ0n) is 11.9. The summed E-state index contributed by atoms with van der Waals surface area (Å²) in [5.74, 6) is -1.09. The molecule has 0 saturated carbocycles. The van der Waals surface area contributed by atoms with Crippen LogP contribution in [0.1, 0.15) is 5.56 Å². The molecule has 0 heterocycles. The van der Waals surface area contributed by atoms with E-state index in [1.165, 1.54) is 29.6 Å². The molecule has 114 valence electrons. The number of carbonyl (C=O) groups is 1. The minimum Gasteiger partial charge on any atom is -0.478 e. The number of anilines is 1. The van der Waals surface area contributed by atoms with Crippen molar-refractivity contribution < 1.29 is 18.3 Å². The number of nitrogens with zero attached hydrogens (tertiary/aromatic N) is 1. The molecule has 0 radical (unpaired) electrons. The van der Waals surface area contributed by atoms with Gasteiger partial charge in [-0.2, -0.15) is 0 Å². The molecule has 2 aromatic rings. The molecule has 5 nitrogen and oxygen atoms in total. The van der Waals surface area contributed by atoms with Crippen molar-refractivity contribution in [3.63, 3.8) is 0 Å². The minimum atomic E-state index is -3.70. The van der Waals surface area contributed by atoms with Gasteiger partial charge >= 0.3 is 5.97 Å². The third-order valence-corrected chi connectivity index (χ3v) is 4.84. The molecular formula is C16H15NO4S. The predicted octanol–water partition coefficient (Wildman–Crippen LogP) is 2.61. The lowest BCUT2D eigenvalue weighted by molar-refractivity contribution is -0.131. The van der Waals surface area contributed by atoms with E-state index in [0.29, 0.717) is 11.3 Å². The summed E-state index contributed by atoms with van der Waals surface area (Å²) >= 11 is 0. The van der Waals surface area contributed by atoms with Crippen molar-refractivity contribution in [1.29, 1.82) is 0 Å². The number of sulfonamides is 1. The topological polar surface area (TPSA) is 74.7 Å². The van der Waals surface area contributed by atoms with E-state index in [-0.39, 0.29) is 4.90 Å². The molecule has 0 amide bonds. The van der Waals surface area contributed by atoms with Gasteiger partial charge in [-0.1, -0.05) is 30.3 Å². The molecule has 2 aromatic carbocycles. The van der Waals surface area contributed by atoms with Crippen molar-refractivity contribution in [3.05, 3.63) is 66.2 Å². The summed E-state index contributed by atoms with van der Waals surface area (Å²) in [7, 11) is -2.22. The lowest BCUT2D eigenvalue weighted by atomic mass is 10.2. The first kappa shape index (κ1) is 15.8. The Morgan fingerprint density at radius 2 is 1.77 bits per heavy atom. The molecule has 22 heavy (non-hydrogen) atoms. The first-order chi connectivity index (χ1) is 10.4. The van der Waals surface area contributed by atoms with E-state index in [1.54, 1.807) is 42.5 Å².